The molecule has 104 valence electrons. The highest BCUT2D eigenvalue weighted by Crippen LogP contribution is 2.21. The van der Waals surface area contributed by atoms with Crippen molar-refractivity contribution >= 4 is 28.5 Å². The standard InChI is InChI=1S/C16H16INO2/c1-16(11-19,12-7-3-2-4-8-12)18-15(20)13-9-5-6-10-14(13)17/h2-10,19H,11H2,1H3,(H,18,20). The van der Waals surface area contributed by atoms with Crippen LogP contribution >= 0.6 is 22.6 Å². The third-order valence-corrected chi connectivity index (χ3v) is 4.18. The molecule has 0 aromatic heterocycles. The number of amides is 1. The summed E-state index contributed by atoms with van der Waals surface area (Å²) in [6, 6.07) is 16.9. The van der Waals surface area contributed by atoms with Crippen molar-refractivity contribution in [3.05, 3.63) is 69.3 Å². The summed E-state index contributed by atoms with van der Waals surface area (Å²) in [7, 11) is 0. The van der Waals surface area contributed by atoms with Crippen LogP contribution < -0.4 is 5.32 Å². The van der Waals surface area contributed by atoms with Gasteiger partial charge < -0.3 is 10.4 Å². The molecule has 0 aliphatic heterocycles. The number of aliphatic hydroxyl groups excluding tert-OH is 1. The fourth-order valence-electron chi connectivity index (χ4n) is 1.97. The Hall–Kier alpha value is -1.40. The number of halogens is 1. The fourth-order valence-corrected chi connectivity index (χ4v) is 2.60. The van der Waals surface area contributed by atoms with E-state index >= 15 is 0 Å². The number of benzene rings is 2. The van der Waals surface area contributed by atoms with Crippen LogP contribution in [0.15, 0.2) is 54.6 Å². The predicted molar refractivity (Wildman–Crippen MR) is 87.5 cm³/mol. The van der Waals surface area contributed by atoms with Gasteiger partial charge >= 0.3 is 0 Å². The summed E-state index contributed by atoms with van der Waals surface area (Å²) < 4.78 is 0.885. The molecule has 1 atom stereocenters. The molecular formula is C16H16INO2. The second-order valence-electron chi connectivity index (χ2n) is 4.79. The summed E-state index contributed by atoms with van der Waals surface area (Å²) in [4.78, 5) is 12.4. The average Bonchev–Trinajstić information content (AvgIpc) is 2.48. The van der Waals surface area contributed by atoms with Crippen molar-refractivity contribution in [2.24, 2.45) is 0 Å². The molecule has 4 heteroatoms. The average molecular weight is 381 g/mol. The van der Waals surface area contributed by atoms with Gasteiger partial charge in [-0.05, 0) is 47.2 Å². The van der Waals surface area contributed by atoms with Crippen LogP contribution in [0.2, 0.25) is 0 Å². The molecule has 1 unspecified atom stereocenters. The predicted octanol–water partition coefficient (Wildman–Crippen LogP) is 2.93. The number of carbonyl (C=O) groups is 1. The van der Waals surface area contributed by atoms with Crippen molar-refractivity contribution in [3.8, 4) is 0 Å². The summed E-state index contributed by atoms with van der Waals surface area (Å²) in [5.41, 5.74) is 0.697. The smallest absolute Gasteiger partial charge is 0.253 e. The SMILES string of the molecule is CC(CO)(NC(=O)c1ccccc1I)c1ccccc1. The van der Waals surface area contributed by atoms with E-state index in [9.17, 15) is 9.90 Å². The molecule has 0 heterocycles. The first-order chi connectivity index (χ1) is 9.57. The van der Waals surface area contributed by atoms with Gasteiger partial charge in [-0.1, -0.05) is 42.5 Å². The van der Waals surface area contributed by atoms with Crippen molar-refractivity contribution in [1.29, 1.82) is 0 Å². The molecular weight excluding hydrogens is 365 g/mol. The maximum Gasteiger partial charge on any atom is 0.253 e. The van der Waals surface area contributed by atoms with Crippen molar-refractivity contribution in [1.82, 2.24) is 5.32 Å². The van der Waals surface area contributed by atoms with Crippen LogP contribution in [0.3, 0.4) is 0 Å². The Morgan fingerprint density at radius 3 is 2.35 bits per heavy atom. The molecule has 20 heavy (non-hydrogen) atoms. The first kappa shape index (κ1) is 15.0. The zero-order valence-corrected chi connectivity index (χ0v) is 13.3. The number of carbonyl (C=O) groups excluding carboxylic acids is 1. The Bertz CT molecular complexity index is 600. The van der Waals surface area contributed by atoms with E-state index < -0.39 is 5.54 Å². The first-order valence-corrected chi connectivity index (χ1v) is 7.38. The molecule has 0 saturated heterocycles. The van der Waals surface area contributed by atoms with E-state index in [0.29, 0.717) is 5.56 Å². The summed E-state index contributed by atoms with van der Waals surface area (Å²) in [5.74, 6) is -0.185. The minimum Gasteiger partial charge on any atom is -0.394 e. The normalized spacial score (nSPS) is 13.6. The second kappa shape index (κ2) is 6.37. The van der Waals surface area contributed by atoms with E-state index in [-0.39, 0.29) is 12.5 Å². The van der Waals surface area contributed by atoms with Gasteiger partial charge in [-0.25, -0.2) is 0 Å². The lowest BCUT2D eigenvalue weighted by Crippen LogP contribution is -2.46. The lowest BCUT2D eigenvalue weighted by atomic mass is 9.92. The maximum atomic E-state index is 12.4. The molecule has 0 fully saturated rings. The summed E-state index contributed by atoms with van der Waals surface area (Å²) in [5, 5.41) is 12.6. The Morgan fingerprint density at radius 1 is 1.15 bits per heavy atom. The minimum atomic E-state index is -0.794. The molecule has 0 bridgehead atoms. The van der Waals surface area contributed by atoms with Gasteiger partial charge in [0, 0.05) is 3.57 Å². The summed E-state index contributed by atoms with van der Waals surface area (Å²) >= 11 is 2.13. The van der Waals surface area contributed by atoms with Crippen LogP contribution in [0.5, 0.6) is 0 Å². The maximum absolute atomic E-state index is 12.4. The second-order valence-corrected chi connectivity index (χ2v) is 5.95. The fraction of sp³-hybridized carbons (Fsp3) is 0.188. The molecule has 2 aromatic rings. The van der Waals surface area contributed by atoms with Crippen LogP contribution in [0, 0.1) is 3.57 Å². The lowest BCUT2D eigenvalue weighted by molar-refractivity contribution is 0.0848. The quantitative estimate of drug-likeness (QED) is 0.801. The molecule has 0 aliphatic rings. The van der Waals surface area contributed by atoms with Gasteiger partial charge in [0.1, 0.15) is 0 Å². The lowest BCUT2D eigenvalue weighted by Gasteiger charge is -2.29. The van der Waals surface area contributed by atoms with Gasteiger partial charge in [0.2, 0.25) is 0 Å². The highest BCUT2D eigenvalue weighted by Gasteiger charge is 2.28. The Morgan fingerprint density at radius 2 is 1.75 bits per heavy atom. The topological polar surface area (TPSA) is 49.3 Å². The van der Waals surface area contributed by atoms with Crippen LogP contribution in [0.4, 0.5) is 0 Å². The van der Waals surface area contributed by atoms with E-state index in [1.165, 1.54) is 0 Å². The van der Waals surface area contributed by atoms with Gasteiger partial charge in [0.25, 0.3) is 5.91 Å². The molecule has 1 amide bonds. The highest BCUT2D eigenvalue weighted by atomic mass is 127. The number of rotatable bonds is 4. The zero-order valence-electron chi connectivity index (χ0n) is 11.1. The first-order valence-electron chi connectivity index (χ1n) is 6.30. The van der Waals surface area contributed by atoms with Crippen molar-refractivity contribution < 1.29 is 9.90 Å². The van der Waals surface area contributed by atoms with E-state index in [4.69, 9.17) is 0 Å². The summed E-state index contributed by atoms with van der Waals surface area (Å²) in [6.45, 7) is 1.65. The monoisotopic (exact) mass is 381 g/mol. The molecule has 2 rings (SSSR count). The van der Waals surface area contributed by atoms with Crippen LogP contribution in [-0.4, -0.2) is 17.6 Å². The van der Waals surface area contributed by atoms with Crippen molar-refractivity contribution in [3.63, 3.8) is 0 Å². The zero-order chi connectivity index (χ0) is 14.6. The van der Waals surface area contributed by atoms with Crippen LogP contribution in [-0.2, 0) is 5.54 Å². The largest absolute Gasteiger partial charge is 0.394 e. The molecule has 0 saturated carbocycles. The van der Waals surface area contributed by atoms with Gasteiger partial charge in [-0.2, -0.15) is 0 Å². The van der Waals surface area contributed by atoms with E-state index in [0.717, 1.165) is 9.13 Å². The highest BCUT2D eigenvalue weighted by molar-refractivity contribution is 14.1. The third kappa shape index (κ3) is 3.19. The number of hydrogen-bond donors (Lipinski definition) is 2. The van der Waals surface area contributed by atoms with E-state index in [1.54, 1.807) is 6.07 Å². The van der Waals surface area contributed by atoms with E-state index in [1.807, 2.05) is 55.5 Å². The van der Waals surface area contributed by atoms with Crippen LogP contribution in [0.25, 0.3) is 0 Å². The molecule has 2 aromatic carbocycles. The van der Waals surface area contributed by atoms with Crippen molar-refractivity contribution in [2.75, 3.05) is 6.61 Å². The van der Waals surface area contributed by atoms with Gasteiger partial charge in [-0.3, -0.25) is 4.79 Å². The van der Waals surface area contributed by atoms with Gasteiger partial charge in [-0.15, -0.1) is 0 Å². The third-order valence-electron chi connectivity index (χ3n) is 3.24. The molecule has 2 N–H and O–H groups in total. The number of aliphatic hydroxyl groups is 1. The molecule has 0 radical (unpaired) electrons. The number of nitrogens with one attached hydrogen (secondary N) is 1. The molecule has 0 aliphatic carbocycles. The Labute approximate surface area is 132 Å². The van der Waals surface area contributed by atoms with E-state index in [2.05, 4.69) is 27.9 Å². The Kier molecular flexibility index (Phi) is 4.77. The van der Waals surface area contributed by atoms with Gasteiger partial charge in [0.05, 0.1) is 17.7 Å². The molecule has 3 nitrogen and oxygen atoms in total. The number of hydrogen-bond acceptors (Lipinski definition) is 2. The van der Waals surface area contributed by atoms with Gasteiger partial charge in [0.15, 0.2) is 0 Å². The van der Waals surface area contributed by atoms with Crippen LogP contribution in [0.1, 0.15) is 22.8 Å². The summed E-state index contributed by atoms with van der Waals surface area (Å²) in [6.07, 6.45) is 0. The van der Waals surface area contributed by atoms with Crippen molar-refractivity contribution in [2.45, 2.75) is 12.5 Å². The Balaban J connectivity index is 2.27. The molecule has 0 spiro atoms. The minimum absolute atomic E-state index is 0.161.